The van der Waals surface area contributed by atoms with Gasteiger partial charge in [0.25, 0.3) is 0 Å². The number of amides is 2. The zero-order chi connectivity index (χ0) is 21.1. The number of aromatic nitrogens is 1. The van der Waals surface area contributed by atoms with Crippen LogP contribution in [0.15, 0.2) is 42.6 Å². The van der Waals surface area contributed by atoms with E-state index < -0.39 is 0 Å². The highest BCUT2D eigenvalue weighted by molar-refractivity contribution is 5.83. The summed E-state index contributed by atoms with van der Waals surface area (Å²) in [4.78, 5) is 31.8. The van der Waals surface area contributed by atoms with Crippen LogP contribution in [0.5, 0.6) is 0 Å². The maximum atomic E-state index is 13.7. The van der Waals surface area contributed by atoms with Crippen molar-refractivity contribution >= 4 is 11.8 Å². The van der Waals surface area contributed by atoms with Gasteiger partial charge in [-0.15, -0.1) is 0 Å². The van der Waals surface area contributed by atoms with E-state index >= 15 is 0 Å². The van der Waals surface area contributed by atoms with Crippen LogP contribution in [0.2, 0.25) is 0 Å². The standard InChI is InChI=1S/C24H28FN3O2/c1-16-12-18(7-8-22(16)25)19-13-20(15-28(14-19)24(30)17-5-6-17)23(29)27-11-9-21-4-2-3-10-26-21/h2-4,7-8,10,12,17,19-20H,5-6,9,11,13-15H2,1H3,(H,27,29)/t19-,20+/m0/s1. The van der Waals surface area contributed by atoms with Crippen molar-refractivity contribution in [2.24, 2.45) is 11.8 Å². The molecule has 1 aliphatic carbocycles. The highest BCUT2D eigenvalue weighted by Gasteiger charge is 2.39. The van der Waals surface area contributed by atoms with E-state index in [1.807, 2.05) is 29.2 Å². The number of hydrogen-bond acceptors (Lipinski definition) is 3. The molecule has 5 nitrogen and oxygen atoms in total. The van der Waals surface area contributed by atoms with Crippen LogP contribution >= 0.6 is 0 Å². The quantitative estimate of drug-likeness (QED) is 0.797. The van der Waals surface area contributed by atoms with Gasteiger partial charge in [0.1, 0.15) is 5.82 Å². The van der Waals surface area contributed by atoms with Crippen molar-refractivity contribution in [3.05, 3.63) is 65.2 Å². The maximum Gasteiger partial charge on any atom is 0.225 e. The molecule has 158 valence electrons. The van der Waals surface area contributed by atoms with Crippen LogP contribution in [0.3, 0.4) is 0 Å². The molecule has 0 spiro atoms. The Hall–Kier alpha value is -2.76. The lowest BCUT2D eigenvalue weighted by Gasteiger charge is -2.37. The number of nitrogens with zero attached hydrogens (tertiary/aromatic N) is 2. The van der Waals surface area contributed by atoms with Crippen molar-refractivity contribution in [2.45, 2.75) is 38.5 Å². The Kier molecular flexibility index (Phi) is 6.11. The Bertz CT molecular complexity index is 914. The first-order valence-electron chi connectivity index (χ1n) is 10.7. The number of hydrogen-bond donors (Lipinski definition) is 1. The van der Waals surface area contributed by atoms with E-state index in [-0.39, 0.29) is 35.4 Å². The molecule has 2 atom stereocenters. The molecular weight excluding hydrogens is 381 g/mol. The topological polar surface area (TPSA) is 62.3 Å². The van der Waals surface area contributed by atoms with Gasteiger partial charge in [0.2, 0.25) is 11.8 Å². The molecule has 1 aromatic heterocycles. The van der Waals surface area contributed by atoms with Crippen molar-refractivity contribution < 1.29 is 14.0 Å². The average molecular weight is 410 g/mol. The molecule has 2 aromatic rings. The molecular formula is C24H28FN3O2. The lowest BCUT2D eigenvalue weighted by molar-refractivity contribution is -0.137. The summed E-state index contributed by atoms with van der Waals surface area (Å²) in [5, 5.41) is 3.02. The number of likely N-dealkylation sites (tertiary alicyclic amines) is 1. The lowest BCUT2D eigenvalue weighted by Crippen LogP contribution is -2.48. The fraction of sp³-hybridized carbons (Fsp3) is 0.458. The van der Waals surface area contributed by atoms with Crippen LogP contribution in [-0.4, -0.2) is 41.3 Å². The van der Waals surface area contributed by atoms with Crippen molar-refractivity contribution in [2.75, 3.05) is 19.6 Å². The van der Waals surface area contributed by atoms with Gasteiger partial charge in [0, 0.05) is 49.8 Å². The molecule has 6 heteroatoms. The van der Waals surface area contributed by atoms with Gasteiger partial charge in [-0.25, -0.2) is 4.39 Å². The summed E-state index contributed by atoms with van der Waals surface area (Å²) in [7, 11) is 0. The Labute approximate surface area is 176 Å². The number of halogens is 1. The van der Waals surface area contributed by atoms with Gasteiger partial charge in [0.15, 0.2) is 0 Å². The molecule has 2 fully saturated rings. The van der Waals surface area contributed by atoms with Crippen molar-refractivity contribution in [3.63, 3.8) is 0 Å². The second-order valence-corrected chi connectivity index (χ2v) is 8.52. The molecule has 1 saturated heterocycles. The van der Waals surface area contributed by atoms with Gasteiger partial charge in [-0.3, -0.25) is 14.6 Å². The first kappa shape index (κ1) is 20.5. The van der Waals surface area contributed by atoms with Gasteiger partial charge in [-0.1, -0.05) is 18.2 Å². The minimum absolute atomic E-state index is 0.0249. The molecule has 2 aliphatic rings. The minimum Gasteiger partial charge on any atom is -0.355 e. The predicted octanol–water partition coefficient (Wildman–Crippen LogP) is 3.23. The van der Waals surface area contributed by atoms with Gasteiger partial charge in [-0.2, -0.15) is 0 Å². The number of piperidine rings is 1. The molecule has 0 unspecified atom stereocenters. The fourth-order valence-corrected chi connectivity index (χ4v) is 4.22. The van der Waals surface area contributed by atoms with Crippen LogP contribution < -0.4 is 5.32 Å². The van der Waals surface area contributed by atoms with Gasteiger partial charge >= 0.3 is 0 Å². The third kappa shape index (κ3) is 4.86. The zero-order valence-electron chi connectivity index (χ0n) is 17.3. The Morgan fingerprint density at radius 2 is 2.00 bits per heavy atom. The maximum absolute atomic E-state index is 13.7. The summed E-state index contributed by atoms with van der Waals surface area (Å²) >= 11 is 0. The number of aryl methyl sites for hydroxylation is 1. The zero-order valence-corrected chi connectivity index (χ0v) is 17.3. The van der Waals surface area contributed by atoms with Crippen LogP contribution in [-0.2, 0) is 16.0 Å². The van der Waals surface area contributed by atoms with Crippen LogP contribution in [0.1, 0.15) is 42.0 Å². The number of carbonyl (C=O) groups excluding carboxylic acids is 2. The Morgan fingerprint density at radius 3 is 2.70 bits per heavy atom. The van der Waals surface area contributed by atoms with E-state index in [9.17, 15) is 14.0 Å². The second-order valence-electron chi connectivity index (χ2n) is 8.52. The number of nitrogens with one attached hydrogen (secondary N) is 1. The van der Waals surface area contributed by atoms with Crippen molar-refractivity contribution in [3.8, 4) is 0 Å². The summed E-state index contributed by atoms with van der Waals surface area (Å²) < 4.78 is 13.7. The first-order chi connectivity index (χ1) is 14.5. The number of pyridine rings is 1. The highest BCUT2D eigenvalue weighted by atomic mass is 19.1. The average Bonchev–Trinajstić information content (AvgIpc) is 3.61. The molecule has 4 rings (SSSR count). The van der Waals surface area contributed by atoms with E-state index in [1.165, 1.54) is 6.07 Å². The van der Waals surface area contributed by atoms with E-state index in [0.29, 0.717) is 38.0 Å². The summed E-state index contributed by atoms with van der Waals surface area (Å²) in [5.74, 6) is -0.212. The molecule has 1 aromatic carbocycles. The second kappa shape index (κ2) is 8.94. The van der Waals surface area contributed by atoms with E-state index in [4.69, 9.17) is 0 Å². The van der Waals surface area contributed by atoms with Crippen molar-refractivity contribution in [1.82, 2.24) is 15.2 Å². The monoisotopic (exact) mass is 409 g/mol. The Morgan fingerprint density at radius 1 is 1.17 bits per heavy atom. The van der Waals surface area contributed by atoms with Gasteiger partial charge in [-0.05, 0) is 55.5 Å². The summed E-state index contributed by atoms with van der Waals surface area (Å²) in [5.41, 5.74) is 2.52. The summed E-state index contributed by atoms with van der Waals surface area (Å²) in [6.45, 7) is 3.32. The normalized spacial score (nSPS) is 21.3. The third-order valence-electron chi connectivity index (χ3n) is 6.12. The number of benzene rings is 1. The van der Waals surface area contributed by atoms with Gasteiger partial charge < -0.3 is 10.2 Å². The highest BCUT2D eigenvalue weighted by Crippen LogP contribution is 2.36. The summed E-state index contributed by atoms with van der Waals surface area (Å²) in [6.07, 6.45) is 4.96. The molecule has 1 N–H and O–H groups in total. The number of rotatable bonds is 6. The molecule has 2 amide bonds. The van der Waals surface area contributed by atoms with Crippen LogP contribution in [0.4, 0.5) is 4.39 Å². The van der Waals surface area contributed by atoms with Crippen LogP contribution in [0, 0.1) is 24.6 Å². The molecule has 0 bridgehead atoms. The number of carbonyl (C=O) groups is 2. The smallest absolute Gasteiger partial charge is 0.225 e. The van der Waals surface area contributed by atoms with E-state index in [0.717, 1.165) is 24.1 Å². The molecule has 30 heavy (non-hydrogen) atoms. The lowest BCUT2D eigenvalue weighted by atomic mass is 9.83. The molecule has 1 saturated carbocycles. The van der Waals surface area contributed by atoms with Crippen LogP contribution in [0.25, 0.3) is 0 Å². The fourth-order valence-electron chi connectivity index (χ4n) is 4.22. The van der Waals surface area contributed by atoms with Gasteiger partial charge in [0.05, 0.1) is 5.92 Å². The Balaban J connectivity index is 1.44. The molecule has 0 radical (unpaired) electrons. The van der Waals surface area contributed by atoms with E-state index in [2.05, 4.69) is 10.3 Å². The third-order valence-corrected chi connectivity index (χ3v) is 6.12. The summed E-state index contributed by atoms with van der Waals surface area (Å²) in [6, 6.07) is 10.9. The SMILES string of the molecule is Cc1cc([C@H]2C[C@@H](C(=O)NCCc3ccccn3)CN(C(=O)C3CC3)C2)ccc1F. The largest absolute Gasteiger partial charge is 0.355 e. The van der Waals surface area contributed by atoms with E-state index in [1.54, 1.807) is 19.2 Å². The predicted molar refractivity (Wildman–Crippen MR) is 112 cm³/mol. The van der Waals surface area contributed by atoms with Crippen molar-refractivity contribution in [1.29, 1.82) is 0 Å². The first-order valence-corrected chi connectivity index (χ1v) is 10.7. The molecule has 2 heterocycles. The minimum atomic E-state index is -0.263. The molecule has 1 aliphatic heterocycles.